The highest BCUT2D eigenvalue weighted by molar-refractivity contribution is 5.91. The van der Waals surface area contributed by atoms with Gasteiger partial charge in [-0.2, -0.15) is 10.2 Å². The predicted octanol–water partition coefficient (Wildman–Crippen LogP) is 3.42. The molecule has 27 heavy (non-hydrogen) atoms. The van der Waals surface area contributed by atoms with Gasteiger partial charge < -0.3 is 5.11 Å². The molecule has 0 aliphatic heterocycles. The predicted molar refractivity (Wildman–Crippen MR) is 102 cm³/mol. The molecule has 1 aromatic carbocycles. The van der Waals surface area contributed by atoms with Crippen molar-refractivity contribution in [1.82, 2.24) is 24.4 Å². The number of hydrogen-bond donors (Lipinski definition) is 1. The summed E-state index contributed by atoms with van der Waals surface area (Å²) in [6.07, 6.45) is 0. The normalized spacial score (nSPS) is 11.3. The number of aromatic nitrogens is 5. The Morgan fingerprint density at radius 2 is 1.67 bits per heavy atom. The molecular weight excluding hydrogens is 342 g/mol. The van der Waals surface area contributed by atoms with Gasteiger partial charge in [-0.15, -0.1) is 0 Å². The molecule has 0 amide bonds. The molecule has 0 aliphatic rings. The third kappa shape index (κ3) is 2.59. The van der Waals surface area contributed by atoms with Gasteiger partial charge in [0.1, 0.15) is 0 Å². The quantitative estimate of drug-likeness (QED) is 0.604. The van der Waals surface area contributed by atoms with E-state index in [1.54, 1.807) is 10.7 Å². The molecule has 4 rings (SSSR count). The van der Waals surface area contributed by atoms with E-state index in [0.29, 0.717) is 11.3 Å². The van der Waals surface area contributed by atoms with Gasteiger partial charge in [-0.3, -0.25) is 4.68 Å². The maximum atomic E-state index is 11.9. The van der Waals surface area contributed by atoms with Crippen molar-refractivity contribution >= 4 is 11.6 Å². The van der Waals surface area contributed by atoms with E-state index in [0.717, 1.165) is 33.8 Å². The Morgan fingerprint density at radius 3 is 2.26 bits per heavy atom. The molecule has 3 aromatic heterocycles. The smallest absolute Gasteiger partial charge is 0.354 e. The second-order valence-electron chi connectivity index (χ2n) is 6.56. The maximum absolute atomic E-state index is 11.9. The fraction of sp³-hybridized carbons (Fsp3) is 0.200. The van der Waals surface area contributed by atoms with E-state index in [4.69, 9.17) is 4.98 Å². The third-order valence-corrected chi connectivity index (χ3v) is 4.81. The molecule has 0 saturated carbocycles. The summed E-state index contributed by atoms with van der Waals surface area (Å²) in [6, 6.07) is 11.3. The number of aromatic carboxylic acids is 1. The first-order valence-electron chi connectivity index (χ1n) is 8.58. The first-order chi connectivity index (χ1) is 12.9. The van der Waals surface area contributed by atoms with Crippen LogP contribution in [0.15, 0.2) is 36.4 Å². The molecule has 0 bridgehead atoms. The fourth-order valence-electron chi connectivity index (χ4n) is 3.49. The first-order valence-corrected chi connectivity index (χ1v) is 8.58. The molecular formula is C20H19N5O2. The van der Waals surface area contributed by atoms with Gasteiger partial charge in [0.25, 0.3) is 0 Å². The van der Waals surface area contributed by atoms with E-state index in [-0.39, 0.29) is 5.69 Å². The van der Waals surface area contributed by atoms with Crippen molar-refractivity contribution in [2.45, 2.75) is 20.8 Å². The van der Waals surface area contributed by atoms with E-state index in [1.165, 1.54) is 4.52 Å². The van der Waals surface area contributed by atoms with Crippen molar-refractivity contribution in [2.75, 3.05) is 0 Å². The van der Waals surface area contributed by atoms with Crippen LogP contribution in [0, 0.1) is 20.8 Å². The molecule has 0 unspecified atom stereocenters. The molecule has 0 fully saturated rings. The van der Waals surface area contributed by atoms with Crippen molar-refractivity contribution in [3.8, 4) is 22.4 Å². The topological polar surface area (TPSA) is 85.3 Å². The largest absolute Gasteiger partial charge is 0.477 e. The molecule has 136 valence electrons. The van der Waals surface area contributed by atoms with E-state index < -0.39 is 5.97 Å². The lowest BCUT2D eigenvalue weighted by Crippen LogP contribution is -2.08. The second kappa shape index (κ2) is 6.05. The Kier molecular flexibility index (Phi) is 3.80. The summed E-state index contributed by atoms with van der Waals surface area (Å²) in [4.78, 5) is 16.7. The molecule has 0 radical (unpaired) electrons. The maximum Gasteiger partial charge on any atom is 0.354 e. The van der Waals surface area contributed by atoms with E-state index in [9.17, 15) is 9.90 Å². The lowest BCUT2D eigenvalue weighted by atomic mass is 10.1. The van der Waals surface area contributed by atoms with Crippen LogP contribution < -0.4 is 0 Å². The van der Waals surface area contributed by atoms with Gasteiger partial charge in [-0.1, -0.05) is 30.3 Å². The Balaban J connectivity index is 2.10. The third-order valence-electron chi connectivity index (χ3n) is 4.81. The van der Waals surface area contributed by atoms with Crippen molar-refractivity contribution in [3.63, 3.8) is 0 Å². The van der Waals surface area contributed by atoms with E-state index >= 15 is 0 Å². The van der Waals surface area contributed by atoms with Gasteiger partial charge >= 0.3 is 5.97 Å². The van der Waals surface area contributed by atoms with Crippen molar-refractivity contribution in [2.24, 2.45) is 7.05 Å². The molecule has 0 saturated heterocycles. The van der Waals surface area contributed by atoms with Crippen molar-refractivity contribution < 1.29 is 9.90 Å². The standard InChI is InChI=1S/C20H19N5O2/c1-11-17(13(3)24(4)22-11)15-10-16(20(26)27)25-19(21-15)18(12(2)23-25)14-8-6-5-7-9-14/h5-10H,1-4H3,(H,26,27). The van der Waals surface area contributed by atoms with Crippen molar-refractivity contribution in [1.29, 1.82) is 0 Å². The van der Waals surface area contributed by atoms with Crippen LogP contribution in [-0.4, -0.2) is 35.5 Å². The van der Waals surface area contributed by atoms with E-state index in [2.05, 4.69) is 10.2 Å². The highest BCUT2D eigenvalue weighted by Crippen LogP contribution is 2.31. The Labute approximate surface area is 155 Å². The monoisotopic (exact) mass is 361 g/mol. The number of carbonyl (C=O) groups is 1. The number of carboxylic acids is 1. The van der Waals surface area contributed by atoms with Crippen LogP contribution >= 0.6 is 0 Å². The summed E-state index contributed by atoms with van der Waals surface area (Å²) >= 11 is 0. The Hall–Kier alpha value is -3.48. The molecule has 0 atom stereocenters. The van der Waals surface area contributed by atoms with Crippen molar-refractivity contribution in [3.05, 3.63) is 59.2 Å². The summed E-state index contributed by atoms with van der Waals surface area (Å²) in [7, 11) is 1.86. The minimum absolute atomic E-state index is 0.0722. The number of rotatable bonds is 3. The first kappa shape index (κ1) is 17.0. The number of carboxylic acid groups (broad SMARTS) is 1. The summed E-state index contributed by atoms with van der Waals surface area (Å²) < 4.78 is 3.18. The van der Waals surface area contributed by atoms with Gasteiger partial charge in [0.15, 0.2) is 11.3 Å². The SMILES string of the molecule is Cc1nn(C)c(C)c1-c1cc(C(=O)O)n2nc(C)c(-c3ccccc3)c2n1. The zero-order valence-electron chi connectivity index (χ0n) is 15.6. The molecule has 7 nitrogen and oxygen atoms in total. The fourth-order valence-corrected chi connectivity index (χ4v) is 3.49. The van der Waals surface area contributed by atoms with Gasteiger partial charge in [0.05, 0.1) is 17.1 Å². The summed E-state index contributed by atoms with van der Waals surface area (Å²) in [5.74, 6) is -1.05. The van der Waals surface area contributed by atoms with Crippen LogP contribution in [0.3, 0.4) is 0 Å². The van der Waals surface area contributed by atoms with Gasteiger partial charge in [-0.25, -0.2) is 14.3 Å². The number of benzene rings is 1. The van der Waals surface area contributed by atoms with Crippen LogP contribution in [0.5, 0.6) is 0 Å². The van der Waals surface area contributed by atoms with Crippen LogP contribution in [0.2, 0.25) is 0 Å². The zero-order valence-corrected chi connectivity index (χ0v) is 15.6. The zero-order chi connectivity index (χ0) is 19.3. The number of fused-ring (bicyclic) bond motifs is 1. The minimum Gasteiger partial charge on any atom is -0.477 e. The average molecular weight is 361 g/mol. The molecule has 4 aromatic rings. The summed E-state index contributed by atoms with van der Waals surface area (Å²) in [5.41, 5.74) is 6.27. The number of nitrogens with zero attached hydrogens (tertiary/aromatic N) is 5. The van der Waals surface area contributed by atoms with Gasteiger partial charge in [0, 0.05) is 23.9 Å². The number of aryl methyl sites for hydroxylation is 3. The highest BCUT2D eigenvalue weighted by atomic mass is 16.4. The number of hydrogen-bond acceptors (Lipinski definition) is 4. The Bertz CT molecular complexity index is 1190. The molecule has 3 heterocycles. The summed E-state index contributed by atoms with van der Waals surface area (Å²) in [6.45, 7) is 5.71. The van der Waals surface area contributed by atoms with Crippen LogP contribution in [0.4, 0.5) is 0 Å². The molecule has 0 aliphatic carbocycles. The van der Waals surface area contributed by atoms with Crippen LogP contribution in [0.1, 0.15) is 27.6 Å². The average Bonchev–Trinajstić information content (AvgIpc) is 3.09. The molecule has 0 spiro atoms. The molecule has 7 heteroatoms. The van der Waals surface area contributed by atoms with Gasteiger partial charge in [0.2, 0.25) is 0 Å². The Morgan fingerprint density at radius 1 is 1.00 bits per heavy atom. The highest BCUT2D eigenvalue weighted by Gasteiger charge is 2.22. The lowest BCUT2D eigenvalue weighted by Gasteiger charge is -2.07. The second-order valence-corrected chi connectivity index (χ2v) is 6.56. The van der Waals surface area contributed by atoms with Gasteiger partial charge in [-0.05, 0) is 32.4 Å². The lowest BCUT2D eigenvalue weighted by molar-refractivity contribution is 0.0687. The minimum atomic E-state index is -1.05. The van der Waals surface area contributed by atoms with Crippen LogP contribution in [-0.2, 0) is 7.05 Å². The van der Waals surface area contributed by atoms with Crippen LogP contribution in [0.25, 0.3) is 28.0 Å². The summed E-state index contributed by atoms with van der Waals surface area (Å²) in [5, 5.41) is 18.6. The van der Waals surface area contributed by atoms with E-state index in [1.807, 2.05) is 58.2 Å². The molecule has 1 N–H and O–H groups in total.